The predicted octanol–water partition coefficient (Wildman–Crippen LogP) is 4.05. The smallest absolute Gasteiger partial charge is 0.161 e. The molecule has 0 amide bonds. The van der Waals surface area contributed by atoms with Gasteiger partial charge < -0.3 is 5.32 Å². The second-order valence-electron chi connectivity index (χ2n) is 5.91. The van der Waals surface area contributed by atoms with E-state index in [0.717, 1.165) is 16.9 Å². The number of aromatic amines is 1. The maximum Gasteiger partial charge on any atom is 0.161 e. The van der Waals surface area contributed by atoms with Gasteiger partial charge in [0.1, 0.15) is 5.82 Å². The summed E-state index contributed by atoms with van der Waals surface area (Å²) in [6.07, 6.45) is 4.61. The summed E-state index contributed by atoms with van der Waals surface area (Å²) in [6.45, 7) is 0. The number of hydrogen-bond acceptors (Lipinski definition) is 5. The van der Waals surface area contributed by atoms with Crippen molar-refractivity contribution in [1.29, 1.82) is 5.26 Å². The molecule has 0 saturated heterocycles. The molecule has 1 aromatic carbocycles. The highest BCUT2D eigenvalue weighted by molar-refractivity contribution is 5.60. The summed E-state index contributed by atoms with van der Waals surface area (Å²) in [6, 6.07) is 13.7. The van der Waals surface area contributed by atoms with Crippen molar-refractivity contribution in [2.24, 2.45) is 0 Å². The van der Waals surface area contributed by atoms with Gasteiger partial charge in [0.2, 0.25) is 0 Å². The lowest BCUT2D eigenvalue weighted by Crippen LogP contribution is -1.97. The van der Waals surface area contributed by atoms with Gasteiger partial charge >= 0.3 is 0 Å². The monoisotopic (exact) mass is 320 g/mol. The van der Waals surface area contributed by atoms with Crippen molar-refractivity contribution in [2.45, 2.75) is 25.2 Å². The molecule has 2 aromatic heterocycles. The fourth-order valence-electron chi connectivity index (χ4n) is 2.57. The number of anilines is 2. The average Bonchev–Trinajstić information content (AvgIpc) is 3.36. The quantitative estimate of drug-likeness (QED) is 0.740. The summed E-state index contributed by atoms with van der Waals surface area (Å²) in [4.78, 5) is 8.87. The van der Waals surface area contributed by atoms with Gasteiger partial charge in [-0.3, -0.25) is 5.10 Å². The SMILES string of the molecule is N#CCc1ccc(-c2nccc(Nc3cc(C4CC4)[nH]n3)n2)cc1.[HH].[HH]. The van der Waals surface area contributed by atoms with Crippen molar-refractivity contribution in [1.82, 2.24) is 20.2 Å². The molecule has 4 rings (SSSR count). The maximum atomic E-state index is 8.73. The molecule has 6 nitrogen and oxygen atoms in total. The molecule has 2 N–H and O–H groups in total. The average molecular weight is 320 g/mol. The van der Waals surface area contributed by atoms with Crippen molar-refractivity contribution < 1.29 is 2.85 Å². The number of hydrogen-bond donors (Lipinski definition) is 2. The summed E-state index contributed by atoms with van der Waals surface area (Å²) >= 11 is 0. The molecular formula is C18H20N6. The Morgan fingerprint density at radius 2 is 2.04 bits per heavy atom. The van der Waals surface area contributed by atoms with Gasteiger partial charge in [-0.25, -0.2) is 9.97 Å². The van der Waals surface area contributed by atoms with E-state index in [9.17, 15) is 0 Å². The first kappa shape index (κ1) is 14.4. The van der Waals surface area contributed by atoms with Crippen LogP contribution in [0.1, 0.15) is 32.9 Å². The van der Waals surface area contributed by atoms with Crippen molar-refractivity contribution >= 4 is 11.6 Å². The molecule has 2 heterocycles. The van der Waals surface area contributed by atoms with Gasteiger partial charge in [0.25, 0.3) is 0 Å². The van der Waals surface area contributed by atoms with E-state index in [1.165, 1.54) is 18.5 Å². The van der Waals surface area contributed by atoms with Crippen molar-refractivity contribution in [3.05, 3.63) is 53.9 Å². The molecule has 1 fully saturated rings. The third-order valence-electron chi connectivity index (χ3n) is 4.02. The Labute approximate surface area is 142 Å². The zero-order valence-corrected chi connectivity index (χ0v) is 13.0. The minimum Gasteiger partial charge on any atom is -0.323 e. The second kappa shape index (κ2) is 6.13. The van der Waals surface area contributed by atoms with E-state index in [1.807, 2.05) is 36.4 Å². The number of nitrogens with one attached hydrogen (secondary N) is 2. The zero-order valence-electron chi connectivity index (χ0n) is 13.0. The minimum absolute atomic E-state index is 0. The zero-order chi connectivity index (χ0) is 16.4. The highest BCUT2D eigenvalue weighted by Gasteiger charge is 2.25. The third kappa shape index (κ3) is 3.10. The van der Waals surface area contributed by atoms with Crippen LogP contribution < -0.4 is 5.32 Å². The Morgan fingerprint density at radius 3 is 2.79 bits per heavy atom. The van der Waals surface area contributed by atoms with Crippen LogP contribution in [0.2, 0.25) is 0 Å². The normalized spacial score (nSPS) is 13.5. The number of nitriles is 1. The first-order chi connectivity index (χ1) is 11.8. The van der Waals surface area contributed by atoms with Gasteiger partial charge in [0.05, 0.1) is 12.5 Å². The Kier molecular flexibility index (Phi) is 3.67. The molecule has 24 heavy (non-hydrogen) atoms. The molecule has 122 valence electrons. The largest absolute Gasteiger partial charge is 0.323 e. The molecule has 0 spiro atoms. The first-order valence-electron chi connectivity index (χ1n) is 7.93. The van der Waals surface area contributed by atoms with Crippen LogP contribution in [0.25, 0.3) is 11.4 Å². The Bertz CT molecular complexity index is 897. The molecule has 0 radical (unpaired) electrons. The van der Waals surface area contributed by atoms with E-state index in [0.29, 0.717) is 24.0 Å². The van der Waals surface area contributed by atoms with Gasteiger partial charge in [0.15, 0.2) is 11.6 Å². The predicted molar refractivity (Wildman–Crippen MR) is 94.9 cm³/mol. The highest BCUT2D eigenvalue weighted by atomic mass is 15.2. The van der Waals surface area contributed by atoms with Gasteiger partial charge in [-0.05, 0) is 24.5 Å². The molecule has 0 unspecified atom stereocenters. The van der Waals surface area contributed by atoms with Crippen molar-refractivity contribution in [3.8, 4) is 17.5 Å². The van der Waals surface area contributed by atoms with Crippen LogP contribution >= 0.6 is 0 Å². The Balaban J connectivity index is 0.00000121. The molecule has 6 heteroatoms. The number of nitrogens with zero attached hydrogens (tertiary/aromatic N) is 4. The summed E-state index contributed by atoms with van der Waals surface area (Å²) < 4.78 is 0. The number of aromatic nitrogens is 4. The second-order valence-corrected chi connectivity index (χ2v) is 5.91. The Hall–Kier alpha value is -3.20. The van der Waals surface area contributed by atoms with Crippen LogP contribution in [0.3, 0.4) is 0 Å². The number of benzene rings is 1. The van der Waals surface area contributed by atoms with E-state index in [1.54, 1.807) is 6.20 Å². The fraction of sp³-hybridized carbons (Fsp3) is 0.222. The fourth-order valence-corrected chi connectivity index (χ4v) is 2.57. The summed E-state index contributed by atoms with van der Waals surface area (Å²) in [5.41, 5.74) is 3.08. The van der Waals surface area contributed by atoms with Gasteiger partial charge in [-0.2, -0.15) is 10.4 Å². The molecule has 3 aromatic rings. The van der Waals surface area contributed by atoms with Gasteiger partial charge in [-0.15, -0.1) is 0 Å². The van der Waals surface area contributed by atoms with E-state index >= 15 is 0 Å². The number of H-pyrrole nitrogens is 1. The molecule has 0 aliphatic heterocycles. The molecule has 1 saturated carbocycles. The van der Waals surface area contributed by atoms with Crippen molar-refractivity contribution in [2.75, 3.05) is 5.32 Å². The topological polar surface area (TPSA) is 90.3 Å². The summed E-state index contributed by atoms with van der Waals surface area (Å²) in [7, 11) is 0. The molecule has 1 aliphatic rings. The van der Waals surface area contributed by atoms with Crippen molar-refractivity contribution in [3.63, 3.8) is 0 Å². The minimum atomic E-state index is 0. The molecule has 1 aliphatic carbocycles. The lowest BCUT2D eigenvalue weighted by atomic mass is 10.1. The Morgan fingerprint density at radius 1 is 1.21 bits per heavy atom. The summed E-state index contributed by atoms with van der Waals surface area (Å²) in [5, 5.41) is 19.3. The first-order valence-corrected chi connectivity index (χ1v) is 7.93. The van der Waals surface area contributed by atoms with Gasteiger partial charge in [0, 0.05) is 32.3 Å². The lowest BCUT2D eigenvalue weighted by Gasteiger charge is -2.05. The lowest BCUT2D eigenvalue weighted by molar-refractivity contribution is 0.966. The number of rotatable bonds is 5. The van der Waals surface area contributed by atoms with Crippen LogP contribution in [-0.4, -0.2) is 20.2 Å². The van der Waals surface area contributed by atoms with E-state index in [2.05, 4.69) is 31.6 Å². The van der Waals surface area contributed by atoms with Crippen LogP contribution in [-0.2, 0) is 6.42 Å². The highest BCUT2D eigenvalue weighted by Crippen LogP contribution is 2.39. The molecule has 0 atom stereocenters. The van der Waals surface area contributed by atoms with E-state index < -0.39 is 0 Å². The maximum absolute atomic E-state index is 8.73. The summed E-state index contributed by atoms with van der Waals surface area (Å²) in [5.74, 6) is 2.75. The van der Waals surface area contributed by atoms with Gasteiger partial charge in [-0.1, -0.05) is 24.3 Å². The van der Waals surface area contributed by atoms with Crippen LogP contribution in [0.15, 0.2) is 42.6 Å². The molecule has 0 bridgehead atoms. The van der Waals surface area contributed by atoms with E-state index in [4.69, 9.17) is 5.26 Å². The standard InChI is InChI=1S/C18H16N6.2H2/c19-9-7-12-1-3-14(4-2-12)18-20-10-8-16(22-18)21-17-11-15(23-24-17)13-5-6-13;;/h1-4,8,10-11,13H,5-7H2,(H2,20,21,22,23,24);2*1H. The molecular weight excluding hydrogens is 300 g/mol. The van der Waals surface area contributed by atoms with Crippen LogP contribution in [0.5, 0.6) is 0 Å². The van der Waals surface area contributed by atoms with Crippen LogP contribution in [0, 0.1) is 11.3 Å². The van der Waals surface area contributed by atoms with Crippen LogP contribution in [0.4, 0.5) is 11.6 Å². The van der Waals surface area contributed by atoms with E-state index in [-0.39, 0.29) is 2.85 Å². The third-order valence-corrected chi connectivity index (χ3v) is 4.02.